The van der Waals surface area contributed by atoms with Gasteiger partial charge in [0.25, 0.3) is 0 Å². The fourth-order valence-electron chi connectivity index (χ4n) is 2.05. The molecule has 0 aromatic heterocycles. The number of nitrogens with one attached hydrogen (secondary N) is 1. The van der Waals surface area contributed by atoms with Crippen molar-refractivity contribution in [3.63, 3.8) is 0 Å². The van der Waals surface area contributed by atoms with Gasteiger partial charge in [-0.2, -0.15) is 0 Å². The van der Waals surface area contributed by atoms with Gasteiger partial charge in [-0.25, -0.2) is 0 Å². The maximum absolute atomic E-state index is 5.91. The molecule has 0 saturated carbocycles. The molecule has 1 N–H and O–H groups in total. The monoisotopic (exact) mass is 269 g/mol. The Morgan fingerprint density at radius 3 is 2.94 bits per heavy atom. The molecule has 0 bridgehead atoms. The Bertz CT molecular complexity index is 353. The lowest BCUT2D eigenvalue weighted by Gasteiger charge is -2.23. The Hall–Kier alpha value is -0.610. The van der Waals surface area contributed by atoms with Crippen LogP contribution in [0.25, 0.3) is 0 Å². The molecule has 4 heteroatoms. The van der Waals surface area contributed by atoms with Crippen molar-refractivity contribution < 1.29 is 9.47 Å². The van der Waals surface area contributed by atoms with E-state index in [1.54, 1.807) is 0 Å². The first kappa shape index (κ1) is 13.8. The Labute approximate surface area is 113 Å². The van der Waals surface area contributed by atoms with Gasteiger partial charge in [-0.15, -0.1) is 0 Å². The summed E-state index contributed by atoms with van der Waals surface area (Å²) in [6, 6.07) is 8.37. The summed E-state index contributed by atoms with van der Waals surface area (Å²) in [7, 11) is 0. The van der Waals surface area contributed by atoms with Crippen LogP contribution in [0.1, 0.15) is 18.4 Å². The van der Waals surface area contributed by atoms with Crippen molar-refractivity contribution in [3.8, 4) is 0 Å². The summed E-state index contributed by atoms with van der Waals surface area (Å²) >= 11 is 5.91. The van der Waals surface area contributed by atoms with Crippen molar-refractivity contribution in [2.24, 2.45) is 0 Å². The van der Waals surface area contributed by atoms with Crippen LogP contribution in [-0.2, 0) is 16.1 Å². The first-order valence-electron chi connectivity index (χ1n) is 6.48. The molecule has 0 amide bonds. The minimum atomic E-state index is 0.591. The summed E-state index contributed by atoms with van der Waals surface area (Å²) < 4.78 is 10.9. The van der Waals surface area contributed by atoms with Crippen molar-refractivity contribution in [2.75, 3.05) is 26.4 Å². The van der Waals surface area contributed by atoms with Crippen LogP contribution in [0.4, 0.5) is 0 Å². The number of hydrogen-bond acceptors (Lipinski definition) is 3. The van der Waals surface area contributed by atoms with Gasteiger partial charge in [-0.1, -0.05) is 23.7 Å². The second kappa shape index (κ2) is 7.74. The molecular formula is C14H20ClNO2. The van der Waals surface area contributed by atoms with E-state index in [9.17, 15) is 0 Å². The molecule has 1 aliphatic heterocycles. The summed E-state index contributed by atoms with van der Waals surface area (Å²) in [5.74, 6) is 0. The Morgan fingerprint density at radius 2 is 2.17 bits per heavy atom. The van der Waals surface area contributed by atoms with Crippen LogP contribution in [-0.4, -0.2) is 32.4 Å². The van der Waals surface area contributed by atoms with E-state index in [1.165, 1.54) is 0 Å². The molecule has 0 atom stereocenters. The van der Waals surface area contributed by atoms with E-state index in [1.807, 2.05) is 24.3 Å². The SMILES string of the molecule is Clc1cccc(COCCNC2CCOCC2)c1. The Balaban J connectivity index is 1.55. The zero-order valence-electron chi connectivity index (χ0n) is 10.5. The minimum absolute atomic E-state index is 0.591. The van der Waals surface area contributed by atoms with Crippen LogP contribution in [0.2, 0.25) is 5.02 Å². The van der Waals surface area contributed by atoms with Crippen molar-refractivity contribution in [2.45, 2.75) is 25.5 Å². The van der Waals surface area contributed by atoms with Crippen molar-refractivity contribution in [1.29, 1.82) is 0 Å². The molecule has 1 aromatic rings. The minimum Gasteiger partial charge on any atom is -0.381 e. The van der Waals surface area contributed by atoms with Crippen LogP contribution in [0, 0.1) is 0 Å². The van der Waals surface area contributed by atoms with Crippen LogP contribution in [0.15, 0.2) is 24.3 Å². The molecule has 0 radical (unpaired) electrons. The number of halogens is 1. The summed E-state index contributed by atoms with van der Waals surface area (Å²) in [6.07, 6.45) is 2.21. The first-order chi connectivity index (χ1) is 8.84. The predicted octanol–water partition coefficient (Wildman–Crippen LogP) is 2.63. The fraction of sp³-hybridized carbons (Fsp3) is 0.571. The molecule has 3 nitrogen and oxygen atoms in total. The van der Waals surface area contributed by atoms with Gasteiger partial charge in [0.05, 0.1) is 13.2 Å². The molecule has 1 heterocycles. The normalized spacial score (nSPS) is 16.9. The number of ether oxygens (including phenoxy) is 2. The van der Waals surface area contributed by atoms with Gasteiger partial charge in [-0.05, 0) is 30.5 Å². The van der Waals surface area contributed by atoms with Gasteiger partial charge in [0.2, 0.25) is 0 Å². The molecule has 18 heavy (non-hydrogen) atoms. The third-order valence-corrected chi connectivity index (χ3v) is 3.29. The molecule has 1 fully saturated rings. The third-order valence-electron chi connectivity index (χ3n) is 3.06. The highest BCUT2D eigenvalue weighted by molar-refractivity contribution is 6.30. The average molecular weight is 270 g/mol. The molecule has 0 unspecified atom stereocenters. The lowest BCUT2D eigenvalue weighted by molar-refractivity contribution is 0.0716. The summed E-state index contributed by atoms with van der Waals surface area (Å²) in [6.45, 7) is 3.99. The smallest absolute Gasteiger partial charge is 0.0718 e. The largest absolute Gasteiger partial charge is 0.381 e. The van der Waals surface area contributed by atoms with Gasteiger partial charge in [0.15, 0.2) is 0 Å². The van der Waals surface area contributed by atoms with Crippen molar-refractivity contribution >= 4 is 11.6 Å². The summed E-state index contributed by atoms with van der Waals surface area (Å²) in [5, 5.41) is 4.25. The van der Waals surface area contributed by atoms with E-state index in [0.717, 1.165) is 49.8 Å². The molecule has 1 aliphatic rings. The number of benzene rings is 1. The zero-order valence-corrected chi connectivity index (χ0v) is 11.3. The Kier molecular flexibility index (Phi) is 5.94. The van der Waals surface area contributed by atoms with E-state index >= 15 is 0 Å². The van der Waals surface area contributed by atoms with Gasteiger partial charge in [0, 0.05) is 30.8 Å². The highest BCUT2D eigenvalue weighted by atomic mass is 35.5. The molecule has 0 spiro atoms. The summed E-state index contributed by atoms with van der Waals surface area (Å²) in [4.78, 5) is 0. The van der Waals surface area contributed by atoms with Crippen LogP contribution >= 0.6 is 11.6 Å². The van der Waals surface area contributed by atoms with Crippen LogP contribution < -0.4 is 5.32 Å². The van der Waals surface area contributed by atoms with E-state index in [2.05, 4.69) is 5.32 Å². The first-order valence-corrected chi connectivity index (χ1v) is 6.86. The van der Waals surface area contributed by atoms with Crippen LogP contribution in [0.5, 0.6) is 0 Å². The van der Waals surface area contributed by atoms with Gasteiger partial charge < -0.3 is 14.8 Å². The molecule has 0 aliphatic carbocycles. The average Bonchev–Trinajstić information content (AvgIpc) is 2.40. The molecule has 1 saturated heterocycles. The topological polar surface area (TPSA) is 30.5 Å². The maximum Gasteiger partial charge on any atom is 0.0718 e. The fourth-order valence-corrected chi connectivity index (χ4v) is 2.27. The maximum atomic E-state index is 5.91. The second-order valence-electron chi connectivity index (χ2n) is 4.52. The lowest BCUT2D eigenvalue weighted by atomic mass is 10.1. The van der Waals surface area contributed by atoms with Gasteiger partial charge in [-0.3, -0.25) is 0 Å². The predicted molar refractivity (Wildman–Crippen MR) is 73.0 cm³/mol. The standard InChI is InChI=1S/C14H20ClNO2/c15-13-3-1-2-12(10-13)11-18-9-6-16-14-4-7-17-8-5-14/h1-3,10,14,16H,4-9,11H2. The lowest BCUT2D eigenvalue weighted by Crippen LogP contribution is -2.36. The van der Waals surface area contributed by atoms with E-state index in [0.29, 0.717) is 12.6 Å². The van der Waals surface area contributed by atoms with E-state index in [4.69, 9.17) is 21.1 Å². The third kappa shape index (κ3) is 4.94. The quantitative estimate of drug-likeness (QED) is 0.806. The van der Waals surface area contributed by atoms with Gasteiger partial charge >= 0.3 is 0 Å². The highest BCUT2D eigenvalue weighted by Crippen LogP contribution is 2.11. The zero-order chi connectivity index (χ0) is 12.6. The van der Waals surface area contributed by atoms with E-state index in [-0.39, 0.29) is 0 Å². The molecule has 100 valence electrons. The van der Waals surface area contributed by atoms with Gasteiger partial charge in [0.1, 0.15) is 0 Å². The van der Waals surface area contributed by atoms with Crippen LogP contribution in [0.3, 0.4) is 0 Å². The molecular weight excluding hydrogens is 250 g/mol. The Morgan fingerprint density at radius 1 is 1.33 bits per heavy atom. The van der Waals surface area contributed by atoms with E-state index < -0.39 is 0 Å². The molecule has 2 rings (SSSR count). The van der Waals surface area contributed by atoms with Crippen molar-refractivity contribution in [3.05, 3.63) is 34.9 Å². The van der Waals surface area contributed by atoms with Crippen molar-refractivity contribution in [1.82, 2.24) is 5.32 Å². The molecule has 1 aromatic carbocycles. The number of rotatable bonds is 6. The second-order valence-corrected chi connectivity index (χ2v) is 4.96. The number of hydrogen-bond donors (Lipinski definition) is 1. The highest BCUT2D eigenvalue weighted by Gasteiger charge is 2.11. The summed E-state index contributed by atoms with van der Waals surface area (Å²) in [5.41, 5.74) is 1.12.